The van der Waals surface area contributed by atoms with Crippen LogP contribution in [0.1, 0.15) is 23.1 Å². The van der Waals surface area contributed by atoms with Crippen LogP contribution in [-0.4, -0.2) is 30.2 Å². The third kappa shape index (κ3) is 4.97. The summed E-state index contributed by atoms with van der Waals surface area (Å²) >= 11 is 0. The van der Waals surface area contributed by atoms with Crippen molar-refractivity contribution in [2.75, 3.05) is 19.1 Å². The van der Waals surface area contributed by atoms with E-state index in [1.165, 1.54) is 5.56 Å². The van der Waals surface area contributed by atoms with Gasteiger partial charge in [0, 0.05) is 25.9 Å². The number of anilines is 1. The lowest BCUT2D eigenvalue weighted by molar-refractivity contribution is -0.142. The van der Waals surface area contributed by atoms with Gasteiger partial charge < -0.3 is 19.5 Å². The summed E-state index contributed by atoms with van der Waals surface area (Å²) in [6.07, 6.45) is 3.76. The number of carbonyl (C=O) groups is 1. The van der Waals surface area contributed by atoms with E-state index >= 15 is 0 Å². The third-order valence-corrected chi connectivity index (χ3v) is 5.68. The Bertz CT molecular complexity index is 1070. The molecule has 1 N–H and O–H groups in total. The third-order valence-electron chi connectivity index (χ3n) is 5.68. The van der Waals surface area contributed by atoms with Crippen LogP contribution < -0.4 is 14.4 Å². The molecule has 1 aromatic heterocycles. The molecule has 31 heavy (non-hydrogen) atoms. The first kappa shape index (κ1) is 20.7. The zero-order chi connectivity index (χ0) is 21.8. The first-order valence-corrected chi connectivity index (χ1v) is 10.3. The average molecular weight is 418 g/mol. The highest BCUT2D eigenvalue weighted by molar-refractivity contribution is 5.71. The summed E-state index contributed by atoms with van der Waals surface area (Å²) in [5, 5.41) is 9.33. The normalized spacial score (nSPS) is 15.1. The molecule has 0 saturated heterocycles. The first-order chi connectivity index (χ1) is 15.0. The molecule has 0 fully saturated rings. The number of hydrogen-bond donors (Lipinski definition) is 1. The summed E-state index contributed by atoms with van der Waals surface area (Å²) in [6, 6.07) is 17.6. The number of nitrogens with zero attached hydrogens (tertiary/aromatic N) is 2. The van der Waals surface area contributed by atoms with Crippen LogP contribution in [-0.2, 0) is 24.2 Å². The molecule has 6 nitrogen and oxygen atoms in total. The molecule has 0 bridgehead atoms. The second-order valence-corrected chi connectivity index (χ2v) is 7.86. The number of carboxylic acid groups (broad SMARTS) is 1. The SMILES string of the molecule is COc1ccc(CN(C)c2cc(Oc3ccc4c(c3)CC(C(=O)O)CC4)ccn2)cc1. The Kier molecular flexibility index (Phi) is 6.07. The maximum atomic E-state index is 11.4. The van der Waals surface area contributed by atoms with E-state index in [9.17, 15) is 9.90 Å². The van der Waals surface area contributed by atoms with Gasteiger partial charge in [-0.2, -0.15) is 0 Å². The van der Waals surface area contributed by atoms with Gasteiger partial charge in [-0.1, -0.05) is 18.2 Å². The van der Waals surface area contributed by atoms with Crippen LogP contribution in [0.5, 0.6) is 17.2 Å². The van der Waals surface area contributed by atoms with Gasteiger partial charge in [0.15, 0.2) is 0 Å². The summed E-state index contributed by atoms with van der Waals surface area (Å²) < 4.78 is 11.3. The Morgan fingerprint density at radius 1 is 1.06 bits per heavy atom. The second kappa shape index (κ2) is 9.08. The topological polar surface area (TPSA) is 71.9 Å². The highest BCUT2D eigenvalue weighted by atomic mass is 16.5. The van der Waals surface area contributed by atoms with Crippen molar-refractivity contribution in [2.24, 2.45) is 5.92 Å². The summed E-state index contributed by atoms with van der Waals surface area (Å²) in [5.41, 5.74) is 3.42. The van der Waals surface area contributed by atoms with E-state index in [0.29, 0.717) is 30.9 Å². The molecule has 160 valence electrons. The molecule has 4 rings (SSSR count). The number of methoxy groups -OCH3 is 1. The molecular weight excluding hydrogens is 392 g/mol. The van der Waals surface area contributed by atoms with Crippen molar-refractivity contribution < 1.29 is 19.4 Å². The fourth-order valence-electron chi connectivity index (χ4n) is 3.90. The largest absolute Gasteiger partial charge is 0.497 e. The summed E-state index contributed by atoms with van der Waals surface area (Å²) in [4.78, 5) is 17.9. The maximum Gasteiger partial charge on any atom is 0.306 e. The van der Waals surface area contributed by atoms with Gasteiger partial charge >= 0.3 is 5.97 Å². The van der Waals surface area contributed by atoms with Crippen LogP contribution in [0.2, 0.25) is 0 Å². The minimum Gasteiger partial charge on any atom is -0.497 e. The molecular formula is C25H26N2O4. The first-order valence-electron chi connectivity index (χ1n) is 10.3. The van der Waals surface area contributed by atoms with Gasteiger partial charge in [0.1, 0.15) is 23.1 Å². The molecule has 1 heterocycles. The predicted molar refractivity (Wildman–Crippen MR) is 119 cm³/mol. The molecule has 0 amide bonds. The Morgan fingerprint density at radius 3 is 2.55 bits per heavy atom. The minimum absolute atomic E-state index is 0.318. The van der Waals surface area contributed by atoms with Crippen LogP contribution in [0.25, 0.3) is 0 Å². The molecule has 1 unspecified atom stereocenters. The Labute approximate surface area is 182 Å². The Morgan fingerprint density at radius 2 is 1.81 bits per heavy atom. The summed E-state index contributed by atoms with van der Waals surface area (Å²) in [5.74, 6) is 1.99. The predicted octanol–water partition coefficient (Wildman–Crippen LogP) is 4.71. The zero-order valence-corrected chi connectivity index (χ0v) is 17.7. The highest BCUT2D eigenvalue weighted by Crippen LogP contribution is 2.31. The number of benzene rings is 2. The maximum absolute atomic E-state index is 11.4. The minimum atomic E-state index is -0.726. The van der Waals surface area contributed by atoms with Gasteiger partial charge in [-0.25, -0.2) is 4.98 Å². The van der Waals surface area contributed by atoms with E-state index < -0.39 is 5.97 Å². The van der Waals surface area contributed by atoms with Crippen molar-refractivity contribution in [3.8, 4) is 17.2 Å². The van der Waals surface area contributed by atoms with E-state index in [4.69, 9.17) is 9.47 Å². The van der Waals surface area contributed by atoms with Gasteiger partial charge in [0.2, 0.25) is 0 Å². The van der Waals surface area contributed by atoms with E-state index in [2.05, 4.69) is 9.88 Å². The summed E-state index contributed by atoms with van der Waals surface area (Å²) in [7, 11) is 3.64. The molecule has 1 aliphatic rings. The standard InChI is InChI=1S/C25H26N2O4/c1-27(16-17-3-8-21(30-2)9-4-17)24-15-23(11-12-26-24)31-22-10-7-18-5-6-19(25(28)29)13-20(18)14-22/h3-4,7-12,14-15,19H,5-6,13,16H2,1-2H3,(H,28,29). The number of hydrogen-bond acceptors (Lipinski definition) is 5. The van der Waals surface area contributed by atoms with E-state index in [1.54, 1.807) is 13.3 Å². The van der Waals surface area contributed by atoms with Gasteiger partial charge in [-0.15, -0.1) is 0 Å². The number of aryl methyl sites for hydroxylation is 1. The molecule has 6 heteroatoms. The highest BCUT2D eigenvalue weighted by Gasteiger charge is 2.24. The molecule has 2 aromatic carbocycles. The molecule has 0 spiro atoms. The average Bonchev–Trinajstić information content (AvgIpc) is 2.79. The zero-order valence-electron chi connectivity index (χ0n) is 17.7. The van der Waals surface area contributed by atoms with Gasteiger partial charge in [-0.05, 0) is 66.3 Å². The molecule has 0 saturated carbocycles. The lowest BCUT2D eigenvalue weighted by atomic mass is 9.84. The number of aliphatic carboxylic acids is 1. The van der Waals surface area contributed by atoms with Crippen LogP contribution in [0.15, 0.2) is 60.8 Å². The quantitative estimate of drug-likeness (QED) is 0.599. The lowest BCUT2D eigenvalue weighted by Gasteiger charge is -2.22. The van der Waals surface area contributed by atoms with Crippen molar-refractivity contribution in [1.82, 2.24) is 4.98 Å². The Hall–Kier alpha value is -3.54. The Balaban J connectivity index is 1.46. The monoisotopic (exact) mass is 418 g/mol. The molecule has 3 aromatic rings. The second-order valence-electron chi connectivity index (χ2n) is 7.86. The van der Waals surface area contributed by atoms with E-state index in [0.717, 1.165) is 29.1 Å². The van der Waals surface area contributed by atoms with E-state index in [-0.39, 0.29) is 5.92 Å². The summed E-state index contributed by atoms with van der Waals surface area (Å²) in [6.45, 7) is 0.704. The molecule has 1 atom stereocenters. The van der Waals surface area contributed by atoms with Crippen molar-refractivity contribution in [1.29, 1.82) is 0 Å². The fraction of sp³-hybridized carbons (Fsp3) is 0.280. The fourth-order valence-corrected chi connectivity index (χ4v) is 3.90. The van der Waals surface area contributed by atoms with Crippen molar-refractivity contribution in [2.45, 2.75) is 25.8 Å². The van der Waals surface area contributed by atoms with Crippen LogP contribution in [0, 0.1) is 5.92 Å². The number of ether oxygens (including phenoxy) is 2. The van der Waals surface area contributed by atoms with Crippen molar-refractivity contribution in [3.63, 3.8) is 0 Å². The van der Waals surface area contributed by atoms with Crippen LogP contribution in [0.3, 0.4) is 0 Å². The molecule has 1 aliphatic carbocycles. The van der Waals surface area contributed by atoms with E-state index in [1.807, 2.05) is 61.6 Å². The van der Waals surface area contributed by atoms with Gasteiger partial charge in [0.25, 0.3) is 0 Å². The lowest BCUT2D eigenvalue weighted by Crippen LogP contribution is -2.22. The smallest absolute Gasteiger partial charge is 0.306 e. The van der Waals surface area contributed by atoms with Crippen LogP contribution in [0.4, 0.5) is 5.82 Å². The molecule has 0 aliphatic heterocycles. The van der Waals surface area contributed by atoms with Crippen molar-refractivity contribution >= 4 is 11.8 Å². The number of rotatable bonds is 7. The number of fused-ring (bicyclic) bond motifs is 1. The van der Waals surface area contributed by atoms with Gasteiger partial charge in [0.05, 0.1) is 13.0 Å². The van der Waals surface area contributed by atoms with Crippen molar-refractivity contribution in [3.05, 3.63) is 77.5 Å². The molecule has 0 radical (unpaired) electrons. The number of pyridine rings is 1. The van der Waals surface area contributed by atoms with Crippen LogP contribution >= 0.6 is 0 Å². The number of carboxylic acids is 1. The van der Waals surface area contributed by atoms with Gasteiger partial charge in [-0.3, -0.25) is 4.79 Å². The number of aromatic nitrogens is 1.